The molecule has 4 heteroatoms. The second-order valence-corrected chi connectivity index (χ2v) is 4.92. The van der Waals surface area contributed by atoms with Crippen LogP contribution in [0.15, 0.2) is 18.5 Å². The molecular weight excluding hydrogens is 196 g/mol. The van der Waals surface area contributed by atoms with E-state index in [9.17, 15) is 4.21 Å². The third kappa shape index (κ3) is 3.46. The highest BCUT2D eigenvalue weighted by Gasteiger charge is 1.98. The molecule has 1 aromatic rings. The van der Waals surface area contributed by atoms with Gasteiger partial charge >= 0.3 is 0 Å². The predicted molar refractivity (Wildman–Crippen MR) is 61.0 cm³/mol. The molecule has 1 unspecified atom stereocenters. The van der Waals surface area contributed by atoms with Crippen molar-refractivity contribution >= 4 is 16.5 Å². The van der Waals surface area contributed by atoms with Crippen LogP contribution < -0.4 is 5.32 Å². The average molecular weight is 212 g/mol. The normalized spacial score (nSPS) is 12.4. The van der Waals surface area contributed by atoms with Gasteiger partial charge < -0.3 is 5.32 Å². The van der Waals surface area contributed by atoms with E-state index in [-0.39, 0.29) is 0 Å². The van der Waals surface area contributed by atoms with Crippen LogP contribution in [-0.2, 0) is 10.8 Å². The Kier molecular flexibility index (Phi) is 4.59. The van der Waals surface area contributed by atoms with Crippen LogP contribution in [0.3, 0.4) is 0 Å². The third-order valence-electron chi connectivity index (χ3n) is 1.99. The van der Waals surface area contributed by atoms with Crippen LogP contribution in [0, 0.1) is 6.92 Å². The molecule has 14 heavy (non-hydrogen) atoms. The molecule has 0 radical (unpaired) electrons. The number of anilines is 1. The molecule has 1 aromatic heterocycles. The molecule has 0 amide bonds. The second kappa shape index (κ2) is 5.75. The average Bonchev–Trinajstić information content (AvgIpc) is 2.20. The molecule has 3 nitrogen and oxygen atoms in total. The number of aryl methyl sites for hydroxylation is 1. The first-order chi connectivity index (χ1) is 6.74. The topological polar surface area (TPSA) is 42.0 Å². The number of hydrogen-bond donors (Lipinski definition) is 1. The summed E-state index contributed by atoms with van der Waals surface area (Å²) < 4.78 is 11.1. The van der Waals surface area contributed by atoms with Crippen LogP contribution >= 0.6 is 0 Å². The SMILES string of the molecule is CCS(=O)CCNc1ccncc1C. The van der Waals surface area contributed by atoms with E-state index < -0.39 is 10.8 Å². The molecule has 0 aliphatic carbocycles. The minimum Gasteiger partial charge on any atom is -0.384 e. The summed E-state index contributed by atoms with van der Waals surface area (Å²) >= 11 is 0. The van der Waals surface area contributed by atoms with Crippen molar-refractivity contribution in [1.29, 1.82) is 0 Å². The molecule has 0 saturated carbocycles. The molecule has 78 valence electrons. The van der Waals surface area contributed by atoms with Crippen molar-refractivity contribution in [3.63, 3.8) is 0 Å². The van der Waals surface area contributed by atoms with Crippen molar-refractivity contribution in [3.05, 3.63) is 24.0 Å². The second-order valence-electron chi connectivity index (χ2n) is 3.05. The zero-order valence-corrected chi connectivity index (χ0v) is 9.43. The Balaban J connectivity index is 2.39. The van der Waals surface area contributed by atoms with Gasteiger partial charge in [-0.3, -0.25) is 9.19 Å². The van der Waals surface area contributed by atoms with Gasteiger partial charge in [-0.2, -0.15) is 0 Å². The van der Waals surface area contributed by atoms with Crippen molar-refractivity contribution in [3.8, 4) is 0 Å². The fourth-order valence-electron chi connectivity index (χ4n) is 1.12. The molecule has 0 aliphatic heterocycles. The number of rotatable bonds is 5. The van der Waals surface area contributed by atoms with Crippen molar-refractivity contribution in [2.75, 3.05) is 23.4 Å². The molecule has 0 spiro atoms. The minimum atomic E-state index is -0.685. The summed E-state index contributed by atoms with van der Waals surface area (Å²) in [6, 6.07) is 1.93. The van der Waals surface area contributed by atoms with E-state index in [4.69, 9.17) is 0 Å². The largest absolute Gasteiger partial charge is 0.384 e. The van der Waals surface area contributed by atoms with Gasteiger partial charge in [0.15, 0.2) is 0 Å². The Morgan fingerprint density at radius 1 is 1.57 bits per heavy atom. The van der Waals surface area contributed by atoms with Gasteiger partial charge in [0.05, 0.1) is 0 Å². The zero-order valence-electron chi connectivity index (χ0n) is 8.62. The van der Waals surface area contributed by atoms with Crippen molar-refractivity contribution in [2.24, 2.45) is 0 Å². The summed E-state index contributed by atoms with van der Waals surface area (Å²) in [5.74, 6) is 1.44. The summed E-state index contributed by atoms with van der Waals surface area (Å²) in [5, 5.41) is 3.25. The Hall–Kier alpha value is -0.900. The zero-order chi connectivity index (χ0) is 10.4. The van der Waals surface area contributed by atoms with E-state index in [1.165, 1.54) is 0 Å². The van der Waals surface area contributed by atoms with Crippen LogP contribution in [-0.4, -0.2) is 27.2 Å². The Labute approximate surface area is 87.4 Å². The van der Waals surface area contributed by atoms with Gasteiger partial charge in [0, 0.05) is 46.9 Å². The van der Waals surface area contributed by atoms with E-state index in [0.717, 1.165) is 23.5 Å². The lowest BCUT2D eigenvalue weighted by Gasteiger charge is -2.07. The summed E-state index contributed by atoms with van der Waals surface area (Å²) in [7, 11) is -0.685. The van der Waals surface area contributed by atoms with Gasteiger partial charge in [0.25, 0.3) is 0 Å². The van der Waals surface area contributed by atoms with Gasteiger partial charge in [-0.1, -0.05) is 6.92 Å². The number of aromatic nitrogens is 1. The van der Waals surface area contributed by atoms with Crippen molar-refractivity contribution < 1.29 is 4.21 Å². The van der Waals surface area contributed by atoms with E-state index >= 15 is 0 Å². The monoisotopic (exact) mass is 212 g/mol. The highest BCUT2D eigenvalue weighted by atomic mass is 32.2. The molecule has 0 saturated heterocycles. The highest BCUT2D eigenvalue weighted by molar-refractivity contribution is 7.84. The molecule has 1 heterocycles. The first-order valence-electron chi connectivity index (χ1n) is 4.73. The molecule has 1 atom stereocenters. The van der Waals surface area contributed by atoms with Gasteiger partial charge in [-0.25, -0.2) is 0 Å². The van der Waals surface area contributed by atoms with E-state index in [1.807, 2.05) is 26.1 Å². The first kappa shape index (κ1) is 11.2. The maximum Gasteiger partial charge on any atom is 0.0408 e. The van der Waals surface area contributed by atoms with E-state index in [1.54, 1.807) is 6.20 Å². The van der Waals surface area contributed by atoms with Crippen LogP contribution in [0.5, 0.6) is 0 Å². The smallest absolute Gasteiger partial charge is 0.0408 e. The standard InChI is InChI=1S/C10H16N2OS/c1-3-14(13)7-6-12-10-4-5-11-8-9(10)2/h4-5,8H,3,6-7H2,1-2H3,(H,11,12). The summed E-state index contributed by atoms with van der Waals surface area (Å²) in [5.41, 5.74) is 2.20. The van der Waals surface area contributed by atoms with Crippen LogP contribution in [0.4, 0.5) is 5.69 Å². The lowest BCUT2D eigenvalue weighted by atomic mass is 10.2. The van der Waals surface area contributed by atoms with Crippen molar-refractivity contribution in [1.82, 2.24) is 4.98 Å². The molecule has 1 N–H and O–H groups in total. The van der Waals surface area contributed by atoms with E-state index in [2.05, 4.69) is 10.3 Å². The van der Waals surface area contributed by atoms with Crippen LogP contribution in [0.25, 0.3) is 0 Å². The molecule has 0 aliphatic rings. The summed E-state index contributed by atoms with van der Waals surface area (Å²) in [6.07, 6.45) is 3.57. The lowest BCUT2D eigenvalue weighted by Crippen LogP contribution is -2.12. The number of nitrogens with one attached hydrogen (secondary N) is 1. The molecule has 0 bridgehead atoms. The lowest BCUT2D eigenvalue weighted by molar-refractivity contribution is 0.684. The first-order valence-corrected chi connectivity index (χ1v) is 6.22. The van der Waals surface area contributed by atoms with Crippen molar-refractivity contribution in [2.45, 2.75) is 13.8 Å². The highest BCUT2D eigenvalue weighted by Crippen LogP contribution is 2.10. The molecule has 0 fully saturated rings. The fourth-order valence-corrected chi connectivity index (χ4v) is 1.73. The number of nitrogens with zero attached hydrogens (tertiary/aromatic N) is 1. The van der Waals surface area contributed by atoms with Gasteiger partial charge in [0.2, 0.25) is 0 Å². The van der Waals surface area contributed by atoms with Gasteiger partial charge in [-0.15, -0.1) is 0 Å². The quantitative estimate of drug-likeness (QED) is 0.805. The Morgan fingerprint density at radius 2 is 2.36 bits per heavy atom. The van der Waals surface area contributed by atoms with Gasteiger partial charge in [-0.05, 0) is 18.6 Å². The van der Waals surface area contributed by atoms with Gasteiger partial charge in [0.1, 0.15) is 0 Å². The number of pyridine rings is 1. The predicted octanol–water partition coefficient (Wildman–Crippen LogP) is 1.57. The van der Waals surface area contributed by atoms with Crippen LogP contribution in [0.2, 0.25) is 0 Å². The maximum atomic E-state index is 11.1. The minimum absolute atomic E-state index is 0.685. The summed E-state index contributed by atoms with van der Waals surface area (Å²) in [4.78, 5) is 4.00. The molecule has 1 rings (SSSR count). The fraction of sp³-hybridized carbons (Fsp3) is 0.500. The Morgan fingerprint density at radius 3 is 3.00 bits per heavy atom. The van der Waals surface area contributed by atoms with E-state index in [0.29, 0.717) is 5.75 Å². The maximum absolute atomic E-state index is 11.1. The molecule has 0 aromatic carbocycles. The Bertz CT molecular complexity index is 315. The molecular formula is C10H16N2OS. The van der Waals surface area contributed by atoms with Crippen LogP contribution in [0.1, 0.15) is 12.5 Å². The summed E-state index contributed by atoms with van der Waals surface area (Å²) in [6.45, 7) is 4.70. The third-order valence-corrected chi connectivity index (χ3v) is 3.29. The number of hydrogen-bond acceptors (Lipinski definition) is 3.